The van der Waals surface area contributed by atoms with Crippen LogP contribution in [0.4, 0.5) is 0 Å². The predicted octanol–water partition coefficient (Wildman–Crippen LogP) is 12.2. The Morgan fingerprint density at radius 2 is 1.17 bits per heavy atom. The Labute approximate surface area is 411 Å². The summed E-state index contributed by atoms with van der Waals surface area (Å²) in [6.07, 6.45) is 19.6. The summed E-state index contributed by atoms with van der Waals surface area (Å²) in [5.41, 5.74) is 1.10. The summed E-state index contributed by atoms with van der Waals surface area (Å²) < 4.78 is 24.8. The van der Waals surface area contributed by atoms with Crippen molar-refractivity contribution in [3.8, 4) is 11.5 Å². The Bertz CT molecular complexity index is 2660. The van der Waals surface area contributed by atoms with E-state index in [1.165, 1.54) is 14.2 Å². The van der Waals surface area contributed by atoms with Crippen molar-refractivity contribution < 1.29 is 43.2 Å². The number of esters is 2. The zero-order valence-electron chi connectivity index (χ0n) is 44.4. The van der Waals surface area contributed by atoms with Crippen molar-refractivity contribution >= 4 is 23.5 Å². The van der Waals surface area contributed by atoms with Gasteiger partial charge in [-0.15, -0.1) is 0 Å². The molecule has 69 heavy (non-hydrogen) atoms. The molecule has 10 aliphatic rings. The summed E-state index contributed by atoms with van der Waals surface area (Å²) in [5, 5.41) is 12.9. The number of methoxy groups -OCH3 is 2. The number of hydrogen-bond donors (Lipinski definition) is 1. The number of allylic oxidation sites excluding steroid dienone is 3. The van der Waals surface area contributed by atoms with Crippen LogP contribution in [0.3, 0.4) is 0 Å². The van der Waals surface area contributed by atoms with E-state index in [4.69, 9.17) is 18.9 Å². The van der Waals surface area contributed by atoms with Gasteiger partial charge in [0, 0.05) is 22.1 Å². The highest BCUT2D eigenvalue weighted by atomic mass is 16.7. The molecule has 9 nitrogen and oxygen atoms in total. The molecule has 15 atom stereocenters. The first-order valence-corrected chi connectivity index (χ1v) is 26.7. The standard InChI is InChI=1S/C60H80O9/c1-34-45-37(54(7)24-28-58(11)43-33-52(5,48(64)67-14)20-18-50(43,3)22-26-56(58,9)41(54)31-38(45)61)29-39-46(34)69-59(12)35-15-16-40-53(6,36(35)30-44(62)60(59,65)68-39)23-27-57(10)42-32-51(4,47(63)66-13)19-17-49(42,2)21-25-55(40,57)8/h15,29-31,40,42-43,65H,16-28,32-33H2,1-14H3/t40-,42+,43-,49+,50+,51+,52+,53-,54-,55+,56+,57-,58-,59-,60+/m0/s1. The van der Waals surface area contributed by atoms with Gasteiger partial charge in [-0.2, -0.15) is 0 Å². The van der Waals surface area contributed by atoms with Crippen molar-refractivity contribution in [2.45, 2.75) is 196 Å². The minimum absolute atomic E-state index is 0.0418. The van der Waals surface area contributed by atoms with Crippen molar-refractivity contribution in [2.75, 3.05) is 14.2 Å². The van der Waals surface area contributed by atoms with Gasteiger partial charge < -0.3 is 24.1 Å². The SMILES string of the molecule is COC(=O)[C@]1(C)CC[C@]2(C)CC[C@]3(C)[C@H]4CC=C5C(=CC(=O)[C@@]6(O)Oc7cc8c(c(C)c7O[C@@]56C)C(=O)C=C5[C@@]8(C)CC[C@@]6(C)[C@H]7C[C@](C)(C(=O)OC)CC[C@]7(C)CC[C@]56C)[C@]4(C)CC[C@@]3(C)[C@@H]2C1. The molecule has 0 radical (unpaired) electrons. The van der Waals surface area contributed by atoms with E-state index < -0.39 is 33.4 Å². The van der Waals surface area contributed by atoms with Crippen LogP contribution in [0.5, 0.6) is 11.5 Å². The molecule has 1 aromatic rings. The first-order valence-electron chi connectivity index (χ1n) is 26.7. The molecule has 0 unspecified atom stereocenters. The summed E-state index contributed by atoms with van der Waals surface area (Å²) in [6.45, 7) is 27.3. The molecule has 1 aliphatic heterocycles. The van der Waals surface area contributed by atoms with E-state index in [1.807, 2.05) is 26.0 Å². The smallest absolute Gasteiger partial charge is 0.317 e. The fraction of sp³-hybridized carbons (Fsp3) is 0.733. The molecule has 374 valence electrons. The number of carbonyl (C=O) groups is 4. The van der Waals surface area contributed by atoms with Crippen LogP contribution in [0, 0.1) is 73.4 Å². The van der Waals surface area contributed by atoms with Crippen LogP contribution in [-0.4, -0.2) is 54.2 Å². The van der Waals surface area contributed by atoms with Crippen molar-refractivity contribution in [2.24, 2.45) is 66.5 Å². The number of carbonyl (C=O) groups excluding carboxylic acids is 4. The van der Waals surface area contributed by atoms with Crippen LogP contribution in [0.1, 0.15) is 194 Å². The van der Waals surface area contributed by atoms with Gasteiger partial charge >= 0.3 is 17.7 Å². The predicted molar refractivity (Wildman–Crippen MR) is 263 cm³/mol. The Morgan fingerprint density at radius 3 is 1.78 bits per heavy atom. The molecular weight excluding hydrogens is 865 g/mol. The molecule has 0 saturated heterocycles. The number of ketones is 2. The molecule has 11 rings (SSSR count). The molecular formula is C60H80O9. The van der Waals surface area contributed by atoms with Gasteiger partial charge in [-0.3, -0.25) is 19.2 Å². The van der Waals surface area contributed by atoms with E-state index in [9.17, 15) is 24.3 Å². The maximum Gasteiger partial charge on any atom is 0.317 e. The molecule has 0 amide bonds. The number of benzene rings is 1. The highest BCUT2D eigenvalue weighted by molar-refractivity contribution is 6.10. The zero-order valence-corrected chi connectivity index (χ0v) is 44.4. The van der Waals surface area contributed by atoms with Gasteiger partial charge in [0.2, 0.25) is 11.4 Å². The van der Waals surface area contributed by atoms with Gasteiger partial charge in [0.1, 0.15) is 0 Å². The fourth-order valence-corrected chi connectivity index (χ4v) is 19.5. The number of fused-ring (bicyclic) bond motifs is 17. The monoisotopic (exact) mass is 945 g/mol. The van der Waals surface area contributed by atoms with Crippen LogP contribution in [0.2, 0.25) is 0 Å². The van der Waals surface area contributed by atoms with Gasteiger partial charge in [-0.05, 0) is 215 Å². The van der Waals surface area contributed by atoms with Crippen LogP contribution < -0.4 is 9.47 Å². The summed E-state index contributed by atoms with van der Waals surface area (Å²) in [6, 6.07) is 1.92. The number of ether oxygens (including phenoxy) is 4. The van der Waals surface area contributed by atoms with Gasteiger partial charge in [0.15, 0.2) is 17.3 Å². The molecule has 0 spiro atoms. The van der Waals surface area contributed by atoms with Crippen molar-refractivity contribution in [1.29, 1.82) is 0 Å². The Kier molecular flexibility index (Phi) is 9.56. The van der Waals surface area contributed by atoms with E-state index in [1.54, 1.807) is 6.08 Å². The van der Waals surface area contributed by atoms with Crippen molar-refractivity contribution in [3.63, 3.8) is 0 Å². The maximum atomic E-state index is 15.0. The van der Waals surface area contributed by atoms with Crippen molar-refractivity contribution in [1.82, 2.24) is 0 Å². The van der Waals surface area contributed by atoms with E-state index in [0.717, 1.165) is 119 Å². The molecule has 9 heteroatoms. The first kappa shape index (κ1) is 47.6. The third-order valence-electron chi connectivity index (χ3n) is 24.8. The molecule has 1 N–H and O–H groups in total. The molecule has 1 heterocycles. The van der Waals surface area contributed by atoms with Crippen LogP contribution in [-0.2, 0) is 29.3 Å². The second-order valence-corrected chi connectivity index (χ2v) is 27.6. The molecule has 0 aromatic heterocycles. The maximum absolute atomic E-state index is 15.0. The molecule has 1 aromatic carbocycles. The second kappa shape index (κ2) is 13.9. The molecule has 9 aliphatic carbocycles. The lowest BCUT2D eigenvalue weighted by Gasteiger charge is -2.72. The number of aliphatic hydroxyl groups is 1. The highest BCUT2D eigenvalue weighted by Gasteiger charge is 2.73. The minimum Gasteiger partial charge on any atom is -0.471 e. The lowest BCUT2D eigenvalue weighted by Crippen LogP contribution is -2.71. The number of hydrogen-bond acceptors (Lipinski definition) is 9. The lowest BCUT2D eigenvalue weighted by atomic mass is 9.32. The van der Waals surface area contributed by atoms with Crippen molar-refractivity contribution in [3.05, 3.63) is 57.7 Å². The third kappa shape index (κ3) is 5.43. The second-order valence-electron chi connectivity index (χ2n) is 27.6. The fourth-order valence-electron chi connectivity index (χ4n) is 19.5. The largest absolute Gasteiger partial charge is 0.471 e. The Morgan fingerprint density at radius 1 is 0.638 bits per heavy atom. The van der Waals surface area contributed by atoms with Crippen LogP contribution in [0.25, 0.3) is 0 Å². The van der Waals surface area contributed by atoms with Gasteiger partial charge in [0.25, 0.3) is 0 Å². The summed E-state index contributed by atoms with van der Waals surface area (Å²) in [4.78, 5) is 56.6. The average molecular weight is 945 g/mol. The molecule has 0 bridgehead atoms. The lowest BCUT2D eigenvalue weighted by molar-refractivity contribution is -0.236. The van der Waals surface area contributed by atoms with Gasteiger partial charge in [0.05, 0.1) is 25.0 Å². The third-order valence-corrected chi connectivity index (χ3v) is 24.8. The summed E-state index contributed by atoms with van der Waals surface area (Å²) in [5.74, 6) is -1.60. The Balaban J connectivity index is 0.949. The van der Waals surface area contributed by atoms with Crippen LogP contribution in [0.15, 0.2) is 41.0 Å². The number of rotatable bonds is 2. The van der Waals surface area contributed by atoms with E-state index in [0.29, 0.717) is 28.5 Å². The Hall–Kier alpha value is -3.72. The van der Waals surface area contributed by atoms with Gasteiger partial charge in [-0.1, -0.05) is 61.5 Å². The average Bonchev–Trinajstić information content (AvgIpc) is 3.30. The van der Waals surface area contributed by atoms with E-state index in [2.05, 4.69) is 75.3 Å². The molecule has 6 saturated carbocycles. The normalized spacial score (nSPS) is 50.0. The topological polar surface area (TPSA) is 125 Å². The van der Waals surface area contributed by atoms with Gasteiger partial charge in [-0.25, -0.2) is 0 Å². The molecule has 6 fully saturated rings. The first-order chi connectivity index (χ1) is 32.0. The quantitative estimate of drug-likeness (QED) is 0.288. The minimum atomic E-state index is -2.34. The zero-order chi connectivity index (χ0) is 49.9. The summed E-state index contributed by atoms with van der Waals surface area (Å²) in [7, 11) is 3.02. The van der Waals surface area contributed by atoms with Crippen LogP contribution >= 0.6 is 0 Å². The summed E-state index contributed by atoms with van der Waals surface area (Å²) >= 11 is 0. The highest BCUT2D eigenvalue weighted by Crippen LogP contribution is 2.78. The van der Waals surface area contributed by atoms with E-state index >= 15 is 0 Å². The van der Waals surface area contributed by atoms with E-state index in [-0.39, 0.29) is 67.5 Å².